The van der Waals surface area contributed by atoms with E-state index in [2.05, 4.69) is 15.9 Å². The van der Waals surface area contributed by atoms with Gasteiger partial charge in [0.25, 0.3) is 0 Å². The van der Waals surface area contributed by atoms with Gasteiger partial charge in [0.05, 0.1) is 0 Å². The molecule has 16 heavy (non-hydrogen) atoms. The smallest absolute Gasteiger partial charge is 0.328 e. The van der Waals surface area contributed by atoms with Crippen molar-refractivity contribution in [1.29, 1.82) is 0 Å². The summed E-state index contributed by atoms with van der Waals surface area (Å²) >= 11 is 3.38. The highest BCUT2D eigenvalue weighted by Gasteiger charge is 2.23. The van der Waals surface area contributed by atoms with E-state index in [0.717, 1.165) is 28.5 Å². The lowest BCUT2D eigenvalue weighted by molar-refractivity contribution is -0.131. The van der Waals surface area contributed by atoms with Crippen molar-refractivity contribution in [1.82, 2.24) is 0 Å². The molecule has 0 radical (unpaired) electrons. The zero-order valence-electron chi connectivity index (χ0n) is 8.82. The predicted octanol–water partition coefficient (Wildman–Crippen LogP) is 3.72. The first kappa shape index (κ1) is 11.4. The number of carboxylic acid groups (broad SMARTS) is 1. The molecule has 0 atom stereocenters. The largest absolute Gasteiger partial charge is 0.478 e. The van der Waals surface area contributed by atoms with Crippen LogP contribution in [0.3, 0.4) is 0 Å². The van der Waals surface area contributed by atoms with E-state index in [-0.39, 0.29) is 0 Å². The molecule has 1 saturated carbocycles. The second-order valence-corrected chi connectivity index (χ2v) is 4.99. The quantitative estimate of drug-likeness (QED) is 0.857. The van der Waals surface area contributed by atoms with Crippen LogP contribution in [0.5, 0.6) is 0 Å². The summed E-state index contributed by atoms with van der Waals surface area (Å²) in [6.07, 6.45) is 4.77. The van der Waals surface area contributed by atoms with E-state index < -0.39 is 5.97 Å². The van der Waals surface area contributed by atoms with Crippen LogP contribution in [0.4, 0.5) is 0 Å². The number of benzene rings is 1. The van der Waals surface area contributed by atoms with Gasteiger partial charge in [-0.25, -0.2) is 4.79 Å². The summed E-state index contributed by atoms with van der Waals surface area (Å²) in [5.41, 5.74) is 1.99. The molecule has 1 aromatic rings. The Bertz CT molecular complexity index is 416. The molecule has 1 fully saturated rings. The van der Waals surface area contributed by atoms with Gasteiger partial charge >= 0.3 is 5.97 Å². The van der Waals surface area contributed by atoms with Gasteiger partial charge in [0.15, 0.2) is 0 Å². The third-order valence-electron chi connectivity index (χ3n) is 3.00. The third-order valence-corrected chi connectivity index (χ3v) is 3.53. The molecule has 0 spiro atoms. The minimum atomic E-state index is -0.857. The van der Waals surface area contributed by atoms with Crippen LogP contribution in [-0.2, 0) is 4.79 Å². The van der Waals surface area contributed by atoms with E-state index >= 15 is 0 Å². The van der Waals surface area contributed by atoms with Crippen LogP contribution in [0.25, 0.3) is 5.57 Å². The lowest BCUT2D eigenvalue weighted by Crippen LogP contribution is -2.14. The van der Waals surface area contributed by atoms with Crippen molar-refractivity contribution in [2.45, 2.75) is 19.3 Å². The van der Waals surface area contributed by atoms with E-state index in [1.54, 1.807) is 0 Å². The zero-order chi connectivity index (χ0) is 11.5. The molecule has 1 aliphatic carbocycles. The lowest BCUT2D eigenvalue weighted by atomic mass is 9.77. The van der Waals surface area contributed by atoms with Crippen molar-refractivity contribution < 1.29 is 9.90 Å². The molecule has 1 aliphatic rings. The first-order chi connectivity index (χ1) is 7.66. The van der Waals surface area contributed by atoms with Crippen molar-refractivity contribution >= 4 is 27.5 Å². The normalized spacial score (nSPS) is 16.9. The number of hydrogen-bond donors (Lipinski definition) is 1. The maximum Gasteiger partial charge on any atom is 0.328 e. The van der Waals surface area contributed by atoms with Crippen LogP contribution in [0, 0.1) is 5.92 Å². The number of rotatable bonds is 3. The van der Waals surface area contributed by atoms with Crippen LogP contribution in [0.15, 0.2) is 34.8 Å². The summed E-state index contributed by atoms with van der Waals surface area (Å²) in [5.74, 6) is -0.429. The van der Waals surface area contributed by atoms with Gasteiger partial charge in [-0.2, -0.15) is 0 Å². The first-order valence-corrected chi connectivity index (χ1v) is 6.16. The number of carbonyl (C=O) groups is 1. The fourth-order valence-corrected chi connectivity index (χ4v) is 2.20. The molecule has 0 aromatic heterocycles. The number of aliphatic carboxylic acids is 1. The van der Waals surface area contributed by atoms with Crippen LogP contribution in [-0.4, -0.2) is 11.1 Å². The van der Waals surface area contributed by atoms with Gasteiger partial charge in [0, 0.05) is 10.5 Å². The van der Waals surface area contributed by atoms with Crippen molar-refractivity contribution in [3.05, 3.63) is 40.4 Å². The minimum Gasteiger partial charge on any atom is -0.478 e. The van der Waals surface area contributed by atoms with Crippen molar-refractivity contribution in [2.75, 3.05) is 0 Å². The molecular formula is C13H13BrO2. The van der Waals surface area contributed by atoms with Crippen LogP contribution in [0.2, 0.25) is 0 Å². The molecule has 0 heterocycles. The molecule has 84 valence electrons. The number of hydrogen-bond acceptors (Lipinski definition) is 1. The van der Waals surface area contributed by atoms with Gasteiger partial charge < -0.3 is 5.11 Å². The molecule has 0 aliphatic heterocycles. The van der Waals surface area contributed by atoms with Gasteiger partial charge in [-0.05, 0) is 42.0 Å². The maximum absolute atomic E-state index is 10.8. The highest BCUT2D eigenvalue weighted by atomic mass is 79.9. The van der Waals surface area contributed by atoms with Crippen molar-refractivity contribution in [3.8, 4) is 0 Å². The second-order valence-electron chi connectivity index (χ2n) is 4.07. The summed E-state index contributed by atoms with van der Waals surface area (Å²) in [4.78, 5) is 10.8. The Morgan fingerprint density at radius 1 is 1.31 bits per heavy atom. The fourth-order valence-electron chi connectivity index (χ4n) is 1.93. The van der Waals surface area contributed by atoms with E-state index in [0.29, 0.717) is 5.92 Å². The third kappa shape index (κ3) is 2.53. The molecule has 0 bridgehead atoms. The zero-order valence-corrected chi connectivity index (χ0v) is 10.4. The monoisotopic (exact) mass is 280 g/mol. The number of halogens is 1. The predicted molar refractivity (Wildman–Crippen MR) is 67.1 cm³/mol. The lowest BCUT2D eigenvalue weighted by Gasteiger charge is -2.28. The molecule has 2 rings (SSSR count). The molecule has 0 unspecified atom stereocenters. The van der Waals surface area contributed by atoms with Crippen LogP contribution in [0.1, 0.15) is 24.8 Å². The van der Waals surface area contributed by atoms with Crippen LogP contribution >= 0.6 is 15.9 Å². The number of allylic oxidation sites excluding steroid dienone is 1. The van der Waals surface area contributed by atoms with E-state index in [1.165, 1.54) is 12.5 Å². The highest BCUT2D eigenvalue weighted by Crippen LogP contribution is 2.38. The van der Waals surface area contributed by atoms with Gasteiger partial charge in [-0.1, -0.05) is 34.5 Å². The molecule has 0 saturated heterocycles. The Hall–Kier alpha value is -1.09. The van der Waals surface area contributed by atoms with Gasteiger partial charge in [-0.15, -0.1) is 0 Å². The first-order valence-electron chi connectivity index (χ1n) is 5.37. The fraction of sp³-hybridized carbons (Fsp3) is 0.308. The van der Waals surface area contributed by atoms with Crippen molar-refractivity contribution in [2.24, 2.45) is 5.92 Å². The Balaban J connectivity index is 2.31. The number of carboxylic acids is 1. The van der Waals surface area contributed by atoms with E-state index in [9.17, 15) is 4.79 Å². The average Bonchev–Trinajstić information content (AvgIpc) is 2.14. The van der Waals surface area contributed by atoms with Crippen LogP contribution < -0.4 is 0 Å². The van der Waals surface area contributed by atoms with Gasteiger partial charge in [-0.3, -0.25) is 0 Å². The van der Waals surface area contributed by atoms with E-state index in [4.69, 9.17) is 5.11 Å². The SMILES string of the molecule is O=C(O)/C=C(/c1ccc(Br)cc1)C1CCC1. The Morgan fingerprint density at radius 3 is 2.38 bits per heavy atom. The molecule has 2 nitrogen and oxygen atoms in total. The van der Waals surface area contributed by atoms with Crippen molar-refractivity contribution in [3.63, 3.8) is 0 Å². The standard InChI is InChI=1S/C13H13BrO2/c14-11-6-4-10(5-7-11)12(8-13(15)16)9-2-1-3-9/h4-9H,1-3H2,(H,15,16)/b12-8+. The van der Waals surface area contributed by atoms with E-state index in [1.807, 2.05) is 24.3 Å². The summed E-state index contributed by atoms with van der Waals surface area (Å²) < 4.78 is 1.01. The molecule has 3 heteroatoms. The molecule has 0 amide bonds. The minimum absolute atomic E-state index is 0.428. The molecule has 1 N–H and O–H groups in total. The topological polar surface area (TPSA) is 37.3 Å². The summed E-state index contributed by atoms with van der Waals surface area (Å²) in [5, 5.41) is 8.88. The molecular weight excluding hydrogens is 268 g/mol. The summed E-state index contributed by atoms with van der Waals surface area (Å²) in [6, 6.07) is 7.84. The Kier molecular flexibility index (Phi) is 3.44. The van der Waals surface area contributed by atoms with Gasteiger partial charge in [0.1, 0.15) is 0 Å². The second kappa shape index (κ2) is 4.83. The highest BCUT2D eigenvalue weighted by molar-refractivity contribution is 9.10. The Labute approximate surface area is 103 Å². The summed E-state index contributed by atoms with van der Waals surface area (Å²) in [7, 11) is 0. The maximum atomic E-state index is 10.8. The average molecular weight is 281 g/mol. The van der Waals surface area contributed by atoms with Gasteiger partial charge in [0.2, 0.25) is 0 Å². The molecule has 1 aromatic carbocycles. The Morgan fingerprint density at radius 2 is 1.94 bits per heavy atom. The summed E-state index contributed by atoms with van der Waals surface area (Å²) in [6.45, 7) is 0.